The van der Waals surface area contributed by atoms with E-state index in [9.17, 15) is 22.8 Å². The van der Waals surface area contributed by atoms with Gasteiger partial charge in [0.25, 0.3) is 11.8 Å². The summed E-state index contributed by atoms with van der Waals surface area (Å²) in [5.41, 5.74) is 0.840. The molecule has 2 amide bonds. The van der Waals surface area contributed by atoms with Gasteiger partial charge in [0, 0.05) is 17.7 Å². The fraction of sp³-hybridized carbons (Fsp3) is 0.0909. The normalized spacial score (nSPS) is 10.4. The Bertz CT molecular complexity index is 999. The van der Waals surface area contributed by atoms with Gasteiger partial charge in [-0.05, 0) is 60.5 Å². The zero-order chi connectivity index (χ0) is 20.8. The SMILES string of the molecule is O=C(NCCc1ccc(F)cc1)c1ccc(C(=O)Nc2c(F)cccc2F)cc1. The lowest BCUT2D eigenvalue weighted by atomic mass is 10.1. The number of rotatable bonds is 6. The first kappa shape index (κ1) is 20.1. The number of carbonyl (C=O) groups excluding carboxylic acids is 2. The topological polar surface area (TPSA) is 58.2 Å². The molecular weight excluding hydrogens is 381 g/mol. The molecule has 4 nitrogen and oxygen atoms in total. The number of anilines is 1. The Morgan fingerprint density at radius 3 is 1.86 bits per heavy atom. The predicted octanol–water partition coefficient (Wildman–Crippen LogP) is 4.33. The van der Waals surface area contributed by atoms with E-state index in [1.807, 2.05) is 0 Å². The molecule has 0 radical (unpaired) electrons. The number of carbonyl (C=O) groups is 2. The van der Waals surface area contributed by atoms with E-state index in [0.29, 0.717) is 18.5 Å². The van der Waals surface area contributed by atoms with E-state index in [1.165, 1.54) is 42.5 Å². The van der Waals surface area contributed by atoms with E-state index >= 15 is 0 Å². The quantitative estimate of drug-likeness (QED) is 0.649. The van der Waals surface area contributed by atoms with Crippen molar-refractivity contribution in [2.24, 2.45) is 0 Å². The van der Waals surface area contributed by atoms with Crippen molar-refractivity contribution < 1.29 is 22.8 Å². The highest BCUT2D eigenvalue weighted by atomic mass is 19.1. The summed E-state index contributed by atoms with van der Waals surface area (Å²) in [7, 11) is 0. The van der Waals surface area contributed by atoms with Crippen LogP contribution in [0.5, 0.6) is 0 Å². The first-order valence-electron chi connectivity index (χ1n) is 8.82. The third-order valence-electron chi connectivity index (χ3n) is 4.22. The molecule has 0 fully saturated rings. The van der Waals surface area contributed by atoms with Gasteiger partial charge in [-0.3, -0.25) is 9.59 Å². The van der Waals surface area contributed by atoms with Crippen LogP contribution in [0.25, 0.3) is 0 Å². The third-order valence-corrected chi connectivity index (χ3v) is 4.22. The fourth-order valence-corrected chi connectivity index (χ4v) is 2.65. The number of para-hydroxylation sites is 1. The van der Waals surface area contributed by atoms with Crippen molar-refractivity contribution in [1.82, 2.24) is 5.32 Å². The van der Waals surface area contributed by atoms with Crippen LogP contribution in [0.15, 0.2) is 66.7 Å². The van der Waals surface area contributed by atoms with Crippen molar-refractivity contribution in [1.29, 1.82) is 0 Å². The second kappa shape index (κ2) is 9.05. The zero-order valence-electron chi connectivity index (χ0n) is 15.2. The molecule has 0 saturated heterocycles. The molecule has 0 aliphatic heterocycles. The van der Waals surface area contributed by atoms with Crippen molar-refractivity contribution in [2.75, 3.05) is 11.9 Å². The lowest BCUT2D eigenvalue weighted by Gasteiger charge is -2.09. The van der Waals surface area contributed by atoms with Crippen LogP contribution in [-0.2, 0) is 6.42 Å². The minimum atomic E-state index is -0.879. The number of hydrogen-bond donors (Lipinski definition) is 2. The number of benzene rings is 3. The smallest absolute Gasteiger partial charge is 0.255 e. The highest BCUT2D eigenvalue weighted by Gasteiger charge is 2.14. The molecule has 0 heterocycles. The molecule has 0 aromatic heterocycles. The monoisotopic (exact) mass is 398 g/mol. The standard InChI is InChI=1S/C22H17F3N2O2/c23-17-10-4-14(5-11-17)12-13-26-21(28)15-6-8-16(9-7-15)22(29)27-20-18(24)2-1-3-19(20)25/h1-11H,12-13H2,(H,26,28)(H,27,29). The van der Waals surface area contributed by atoms with Crippen LogP contribution in [0, 0.1) is 17.5 Å². The number of halogens is 3. The molecule has 29 heavy (non-hydrogen) atoms. The summed E-state index contributed by atoms with van der Waals surface area (Å²) in [5, 5.41) is 4.92. The van der Waals surface area contributed by atoms with Crippen LogP contribution in [-0.4, -0.2) is 18.4 Å². The Morgan fingerprint density at radius 2 is 1.28 bits per heavy atom. The van der Waals surface area contributed by atoms with E-state index in [1.54, 1.807) is 12.1 Å². The number of hydrogen-bond acceptors (Lipinski definition) is 2. The number of amides is 2. The molecular formula is C22H17F3N2O2. The Morgan fingerprint density at radius 1 is 0.724 bits per heavy atom. The molecule has 0 saturated carbocycles. The maximum atomic E-state index is 13.6. The van der Waals surface area contributed by atoms with Gasteiger partial charge in [0.2, 0.25) is 0 Å². The van der Waals surface area contributed by atoms with Gasteiger partial charge in [0.1, 0.15) is 23.1 Å². The van der Waals surface area contributed by atoms with Crippen molar-refractivity contribution in [2.45, 2.75) is 6.42 Å². The molecule has 3 aromatic carbocycles. The van der Waals surface area contributed by atoms with Crippen LogP contribution < -0.4 is 10.6 Å². The summed E-state index contributed by atoms with van der Waals surface area (Å²) in [4.78, 5) is 24.4. The molecule has 0 unspecified atom stereocenters. The van der Waals surface area contributed by atoms with Gasteiger partial charge in [-0.1, -0.05) is 18.2 Å². The highest BCUT2D eigenvalue weighted by Crippen LogP contribution is 2.19. The van der Waals surface area contributed by atoms with Crippen LogP contribution in [0.1, 0.15) is 26.3 Å². The van der Waals surface area contributed by atoms with Gasteiger partial charge < -0.3 is 10.6 Å². The lowest BCUT2D eigenvalue weighted by Crippen LogP contribution is -2.25. The summed E-state index contributed by atoms with van der Waals surface area (Å²) in [6.07, 6.45) is 0.542. The van der Waals surface area contributed by atoms with Crippen molar-refractivity contribution in [3.8, 4) is 0 Å². The van der Waals surface area contributed by atoms with E-state index in [-0.39, 0.29) is 17.3 Å². The van der Waals surface area contributed by atoms with Crippen molar-refractivity contribution in [3.05, 3.63) is 101 Å². The number of nitrogens with one attached hydrogen (secondary N) is 2. The molecule has 3 rings (SSSR count). The van der Waals surface area contributed by atoms with E-state index in [2.05, 4.69) is 10.6 Å². The second-order valence-corrected chi connectivity index (χ2v) is 6.26. The van der Waals surface area contributed by atoms with Crippen molar-refractivity contribution >= 4 is 17.5 Å². The minimum absolute atomic E-state index is 0.149. The molecule has 148 valence electrons. The average Bonchev–Trinajstić information content (AvgIpc) is 2.72. The van der Waals surface area contributed by atoms with Crippen LogP contribution in [0.2, 0.25) is 0 Å². The van der Waals surface area contributed by atoms with Gasteiger partial charge in [-0.15, -0.1) is 0 Å². The van der Waals surface area contributed by atoms with E-state index in [0.717, 1.165) is 17.7 Å². The fourth-order valence-electron chi connectivity index (χ4n) is 2.65. The zero-order valence-corrected chi connectivity index (χ0v) is 15.2. The van der Waals surface area contributed by atoms with Gasteiger partial charge in [-0.25, -0.2) is 13.2 Å². The second-order valence-electron chi connectivity index (χ2n) is 6.26. The largest absolute Gasteiger partial charge is 0.352 e. The first-order chi connectivity index (χ1) is 13.9. The maximum absolute atomic E-state index is 13.6. The van der Waals surface area contributed by atoms with Crippen LogP contribution in [0.4, 0.5) is 18.9 Å². The van der Waals surface area contributed by atoms with Gasteiger partial charge in [0.15, 0.2) is 0 Å². The lowest BCUT2D eigenvalue weighted by molar-refractivity contribution is 0.0952. The van der Waals surface area contributed by atoms with Crippen molar-refractivity contribution in [3.63, 3.8) is 0 Å². The Labute approximate surface area is 165 Å². The molecule has 7 heteroatoms. The maximum Gasteiger partial charge on any atom is 0.255 e. The molecule has 0 spiro atoms. The average molecular weight is 398 g/mol. The van der Waals surface area contributed by atoms with Gasteiger partial charge in [-0.2, -0.15) is 0 Å². The summed E-state index contributed by atoms with van der Waals surface area (Å²) in [6.45, 7) is 0.360. The molecule has 0 aliphatic rings. The molecule has 0 aliphatic carbocycles. The summed E-state index contributed by atoms with van der Waals surface area (Å²) in [6, 6.07) is 15.0. The van der Waals surface area contributed by atoms with Crippen LogP contribution in [0.3, 0.4) is 0 Å². The van der Waals surface area contributed by atoms with Gasteiger partial charge in [0.05, 0.1) is 0 Å². The summed E-state index contributed by atoms with van der Waals surface area (Å²) >= 11 is 0. The van der Waals surface area contributed by atoms with Crippen LogP contribution >= 0.6 is 0 Å². The Kier molecular flexibility index (Phi) is 6.29. The molecule has 2 N–H and O–H groups in total. The predicted molar refractivity (Wildman–Crippen MR) is 103 cm³/mol. The Hall–Kier alpha value is -3.61. The Balaban J connectivity index is 1.56. The van der Waals surface area contributed by atoms with E-state index in [4.69, 9.17) is 0 Å². The molecule has 3 aromatic rings. The van der Waals surface area contributed by atoms with Gasteiger partial charge >= 0.3 is 0 Å². The first-order valence-corrected chi connectivity index (χ1v) is 8.82. The molecule has 0 atom stereocenters. The van der Waals surface area contributed by atoms with E-state index < -0.39 is 23.2 Å². The minimum Gasteiger partial charge on any atom is -0.352 e. The molecule has 0 bridgehead atoms. The summed E-state index contributed by atoms with van der Waals surface area (Å²) in [5.74, 6) is -3.11. The third kappa shape index (κ3) is 5.22. The summed E-state index contributed by atoms with van der Waals surface area (Å²) < 4.78 is 40.1. The highest BCUT2D eigenvalue weighted by molar-refractivity contribution is 6.05.